The van der Waals surface area contributed by atoms with E-state index in [1.807, 2.05) is 0 Å². The first-order chi connectivity index (χ1) is 14.9. The fraction of sp³-hybridized carbons (Fsp3) is 0.300. The molecular formula is C20H21Cl2N5O3S. The molecule has 4 rings (SSSR count). The van der Waals surface area contributed by atoms with E-state index in [1.165, 1.54) is 4.31 Å². The summed E-state index contributed by atoms with van der Waals surface area (Å²) in [6.07, 6.45) is 0. The largest absolute Gasteiger partial charge is 0.379 e. The van der Waals surface area contributed by atoms with Crippen LogP contribution in [0.15, 0.2) is 57.3 Å². The lowest BCUT2D eigenvalue weighted by Gasteiger charge is -2.26. The summed E-state index contributed by atoms with van der Waals surface area (Å²) in [6.45, 7) is 2.42. The molecule has 2 heterocycles. The number of guanidine groups is 1. The summed E-state index contributed by atoms with van der Waals surface area (Å²) in [5, 5.41) is 7.29. The first kappa shape index (κ1) is 22.0. The molecule has 0 unspecified atom stereocenters. The lowest BCUT2D eigenvalue weighted by molar-refractivity contribution is 0.0730. The predicted octanol–water partition coefficient (Wildman–Crippen LogP) is 2.98. The van der Waals surface area contributed by atoms with Crippen molar-refractivity contribution in [2.24, 2.45) is 9.98 Å². The number of halogens is 2. The minimum atomic E-state index is -3.49. The van der Waals surface area contributed by atoms with Crippen LogP contribution in [0, 0.1) is 0 Å². The van der Waals surface area contributed by atoms with Gasteiger partial charge in [0.2, 0.25) is 16.0 Å². The molecule has 2 aromatic carbocycles. The normalized spacial score (nSPS) is 18.6. The van der Waals surface area contributed by atoms with E-state index in [-0.39, 0.29) is 4.90 Å². The molecule has 2 aliphatic rings. The zero-order valence-electron chi connectivity index (χ0n) is 16.5. The Labute approximate surface area is 191 Å². The van der Waals surface area contributed by atoms with E-state index < -0.39 is 10.0 Å². The highest BCUT2D eigenvalue weighted by atomic mass is 35.5. The smallest absolute Gasteiger partial charge is 0.243 e. The maximum atomic E-state index is 12.7. The van der Waals surface area contributed by atoms with Crippen molar-refractivity contribution < 1.29 is 13.2 Å². The van der Waals surface area contributed by atoms with E-state index in [1.54, 1.807) is 42.5 Å². The lowest BCUT2D eigenvalue weighted by atomic mass is 10.2. The standard InChI is InChI=1S/C20H21Cl2N5O3S/c21-15-9-16(22)11-17(10-15)25-20-24-13-19(26-20)23-12-14-1-3-18(4-2-14)31(28,29)27-5-7-30-8-6-27/h1-4,9-11H,5-8,12-13H2,(H2,23,24,25,26). The number of sulfonamides is 1. The Hall–Kier alpha value is -2.17. The first-order valence-electron chi connectivity index (χ1n) is 9.65. The number of aliphatic imine (C=N–C) groups is 2. The monoisotopic (exact) mass is 481 g/mol. The average Bonchev–Trinajstić information content (AvgIpc) is 3.19. The van der Waals surface area contributed by atoms with E-state index in [4.69, 9.17) is 27.9 Å². The van der Waals surface area contributed by atoms with E-state index >= 15 is 0 Å². The number of hydrogen-bond donors (Lipinski definition) is 2. The number of nitrogens with one attached hydrogen (secondary N) is 2. The molecule has 0 bridgehead atoms. The third-order valence-corrected chi connectivity index (χ3v) is 7.11. The summed E-state index contributed by atoms with van der Waals surface area (Å²) < 4.78 is 32.1. The maximum Gasteiger partial charge on any atom is 0.243 e. The van der Waals surface area contributed by atoms with Crippen molar-refractivity contribution in [1.29, 1.82) is 0 Å². The molecule has 0 atom stereocenters. The van der Waals surface area contributed by atoms with Gasteiger partial charge in [0.1, 0.15) is 12.4 Å². The second kappa shape index (κ2) is 9.54. The van der Waals surface area contributed by atoms with Gasteiger partial charge >= 0.3 is 0 Å². The highest BCUT2D eigenvalue weighted by Gasteiger charge is 2.26. The fourth-order valence-electron chi connectivity index (χ4n) is 3.18. The molecule has 1 saturated heterocycles. The lowest BCUT2D eigenvalue weighted by Crippen LogP contribution is -2.40. The van der Waals surface area contributed by atoms with Crippen molar-refractivity contribution >= 4 is 50.7 Å². The Balaban J connectivity index is 1.34. The molecule has 0 amide bonds. The van der Waals surface area contributed by atoms with Gasteiger partial charge in [0.15, 0.2) is 0 Å². The molecule has 0 radical (unpaired) electrons. The first-order valence-corrected chi connectivity index (χ1v) is 11.8. The van der Waals surface area contributed by atoms with Crippen LogP contribution < -0.4 is 10.6 Å². The zero-order valence-corrected chi connectivity index (χ0v) is 18.8. The molecule has 8 nitrogen and oxygen atoms in total. The van der Waals surface area contributed by atoms with E-state index in [9.17, 15) is 8.42 Å². The van der Waals surface area contributed by atoms with Gasteiger partial charge in [-0.1, -0.05) is 35.3 Å². The number of hydrogen-bond acceptors (Lipinski definition) is 6. The molecule has 0 spiro atoms. The third-order valence-electron chi connectivity index (χ3n) is 4.76. The van der Waals surface area contributed by atoms with Gasteiger partial charge in [-0.15, -0.1) is 0 Å². The van der Waals surface area contributed by atoms with Crippen molar-refractivity contribution in [3.63, 3.8) is 0 Å². The van der Waals surface area contributed by atoms with Crippen LogP contribution in [0.25, 0.3) is 0 Å². The Morgan fingerprint density at radius 1 is 1.10 bits per heavy atom. The fourth-order valence-corrected chi connectivity index (χ4v) is 5.12. The Morgan fingerprint density at radius 3 is 2.45 bits per heavy atom. The minimum absolute atomic E-state index is 0.278. The van der Waals surface area contributed by atoms with Gasteiger partial charge in [-0.25, -0.2) is 13.4 Å². The number of nitrogens with zero attached hydrogens (tertiary/aromatic N) is 3. The number of ether oxygens (including phenoxy) is 1. The summed E-state index contributed by atoms with van der Waals surface area (Å²) >= 11 is 12.0. The number of morpholine rings is 1. The van der Waals surface area contributed by atoms with Gasteiger partial charge in [-0.2, -0.15) is 4.31 Å². The van der Waals surface area contributed by atoms with Gasteiger partial charge < -0.3 is 15.4 Å². The van der Waals surface area contributed by atoms with Crippen LogP contribution in [0.3, 0.4) is 0 Å². The van der Waals surface area contributed by atoms with E-state index in [2.05, 4.69) is 20.6 Å². The number of anilines is 1. The topological polar surface area (TPSA) is 95.4 Å². The predicted molar refractivity (Wildman–Crippen MR) is 123 cm³/mol. The average molecular weight is 482 g/mol. The van der Waals surface area contributed by atoms with Crippen molar-refractivity contribution in [2.75, 3.05) is 38.2 Å². The van der Waals surface area contributed by atoms with E-state index in [0.29, 0.717) is 61.2 Å². The molecular weight excluding hydrogens is 461 g/mol. The second-order valence-corrected chi connectivity index (χ2v) is 9.81. The molecule has 0 aromatic heterocycles. The Kier molecular flexibility index (Phi) is 6.78. The van der Waals surface area contributed by atoms with Crippen LogP contribution in [-0.4, -0.2) is 57.4 Å². The van der Waals surface area contributed by atoms with Crippen LogP contribution >= 0.6 is 23.2 Å². The van der Waals surface area contributed by atoms with Crippen LogP contribution in [0.1, 0.15) is 5.56 Å². The zero-order chi connectivity index (χ0) is 21.8. The second-order valence-electron chi connectivity index (χ2n) is 7.00. The Bertz CT molecular complexity index is 1090. The van der Waals surface area contributed by atoms with Gasteiger partial charge in [-0.05, 0) is 35.9 Å². The quantitative estimate of drug-likeness (QED) is 0.684. The van der Waals surface area contributed by atoms with Gasteiger partial charge in [0.25, 0.3) is 0 Å². The van der Waals surface area contributed by atoms with Crippen molar-refractivity contribution in [3.8, 4) is 0 Å². The minimum Gasteiger partial charge on any atom is -0.379 e. The molecule has 11 heteroatoms. The van der Waals surface area contributed by atoms with Gasteiger partial charge in [0.05, 0.1) is 24.7 Å². The van der Waals surface area contributed by atoms with Crippen molar-refractivity contribution in [3.05, 3.63) is 58.1 Å². The van der Waals surface area contributed by atoms with Crippen LogP contribution in [0.5, 0.6) is 0 Å². The summed E-state index contributed by atoms with van der Waals surface area (Å²) in [6, 6.07) is 11.9. The molecule has 2 aliphatic heterocycles. The maximum absolute atomic E-state index is 12.7. The van der Waals surface area contributed by atoms with Crippen LogP contribution in [0.2, 0.25) is 10.0 Å². The summed E-state index contributed by atoms with van der Waals surface area (Å²) in [5.41, 5.74) is 1.63. The summed E-state index contributed by atoms with van der Waals surface area (Å²) in [5.74, 6) is 1.27. The van der Waals surface area contributed by atoms with Gasteiger partial charge in [0, 0.05) is 28.8 Å². The Morgan fingerprint density at radius 2 is 1.77 bits per heavy atom. The molecule has 164 valence electrons. The summed E-state index contributed by atoms with van der Waals surface area (Å²) in [4.78, 5) is 9.17. The number of amidine groups is 1. The molecule has 31 heavy (non-hydrogen) atoms. The molecule has 2 N–H and O–H groups in total. The van der Waals surface area contributed by atoms with Crippen LogP contribution in [-0.2, 0) is 21.3 Å². The highest BCUT2D eigenvalue weighted by molar-refractivity contribution is 7.89. The molecule has 0 saturated carbocycles. The van der Waals surface area contributed by atoms with Crippen molar-refractivity contribution in [2.45, 2.75) is 11.4 Å². The molecule has 0 aliphatic carbocycles. The van der Waals surface area contributed by atoms with Crippen LogP contribution in [0.4, 0.5) is 5.69 Å². The summed E-state index contributed by atoms with van der Waals surface area (Å²) in [7, 11) is -3.49. The highest BCUT2D eigenvalue weighted by Crippen LogP contribution is 2.22. The number of benzene rings is 2. The van der Waals surface area contributed by atoms with Crippen molar-refractivity contribution in [1.82, 2.24) is 9.62 Å². The third kappa shape index (κ3) is 5.55. The van der Waals surface area contributed by atoms with E-state index in [0.717, 1.165) is 11.3 Å². The SMILES string of the molecule is O=S(=O)(c1ccc(CN=C2CN=C(Nc3cc(Cl)cc(Cl)c3)N2)cc1)N1CCOCC1. The number of rotatable bonds is 5. The molecule has 2 aromatic rings. The molecule has 1 fully saturated rings. The van der Waals surface area contributed by atoms with Gasteiger partial charge in [-0.3, -0.25) is 4.99 Å².